The van der Waals surface area contributed by atoms with E-state index >= 15 is 0 Å². The number of H-pyrrole nitrogens is 1. The van der Waals surface area contributed by atoms with Crippen LogP contribution < -0.4 is 5.32 Å². The maximum atomic E-state index is 13.1. The number of benzene rings is 1. The van der Waals surface area contributed by atoms with Crippen molar-refractivity contribution in [2.24, 2.45) is 5.92 Å². The van der Waals surface area contributed by atoms with E-state index in [4.69, 9.17) is 4.52 Å². The fourth-order valence-electron chi connectivity index (χ4n) is 2.91. The molecule has 3 aromatic rings. The molecule has 7 nitrogen and oxygen atoms in total. The Balaban J connectivity index is 1.87. The summed E-state index contributed by atoms with van der Waals surface area (Å²) >= 11 is 3.39. The maximum Gasteiger partial charge on any atom is 0.268 e. The Morgan fingerprint density at radius 3 is 2.59 bits per heavy atom. The third kappa shape index (κ3) is 4.49. The van der Waals surface area contributed by atoms with E-state index in [0.717, 1.165) is 10.0 Å². The summed E-state index contributed by atoms with van der Waals surface area (Å²) in [6.07, 6.45) is 1.48. The predicted octanol–water partition coefficient (Wildman–Crippen LogP) is 3.72. The topological polar surface area (TPSA) is 108 Å². The van der Waals surface area contributed by atoms with Gasteiger partial charge in [0.05, 0.1) is 18.2 Å². The summed E-state index contributed by atoms with van der Waals surface area (Å²) in [5.74, 6) is -0.195. The molecular formula is C21H22BrN3O4. The van der Waals surface area contributed by atoms with E-state index < -0.39 is 0 Å². The van der Waals surface area contributed by atoms with E-state index in [1.165, 1.54) is 12.3 Å². The second-order valence-corrected chi connectivity index (χ2v) is 8.02. The highest BCUT2D eigenvalue weighted by Crippen LogP contribution is 2.28. The van der Waals surface area contributed by atoms with Gasteiger partial charge in [0.1, 0.15) is 17.1 Å². The van der Waals surface area contributed by atoms with Crippen molar-refractivity contribution in [2.75, 3.05) is 6.61 Å². The van der Waals surface area contributed by atoms with Crippen LogP contribution in [0.3, 0.4) is 0 Å². The maximum absolute atomic E-state index is 13.1. The molecule has 3 rings (SSSR count). The number of aromatic amines is 1. The van der Waals surface area contributed by atoms with Gasteiger partial charge in [0, 0.05) is 21.8 Å². The van der Waals surface area contributed by atoms with Crippen molar-refractivity contribution in [3.05, 3.63) is 63.6 Å². The molecule has 0 fully saturated rings. The van der Waals surface area contributed by atoms with Crippen molar-refractivity contribution in [2.45, 2.75) is 26.8 Å². The molecule has 0 aliphatic carbocycles. The summed E-state index contributed by atoms with van der Waals surface area (Å²) in [5, 5.41) is 16.2. The normalized spacial score (nSPS) is 12.2. The van der Waals surface area contributed by atoms with Crippen molar-refractivity contribution < 1.29 is 19.2 Å². The highest BCUT2D eigenvalue weighted by molar-refractivity contribution is 9.10. The molecule has 1 amide bonds. The zero-order valence-electron chi connectivity index (χ0n) is 16.3. The quantitative estimate of drug-likeness (QED) is 0.466. The highest BCUT2D eigenvalue weighted by atomic mass is 79.9. The van der Waals surface area contributed by atoms with Crippen molar-refractivity contribution in [3.8, 4) is 11.3 Å². The molecule has 0 bridgehead atoms. The van der Waals surface area contributed by atoms with E-state index in [2.05, 4.69) is 31.4 Å². The molecule has 8 heteroatoms. The molecule has 0 aliphatic rings. The van der Waals surface area contributed by atoms with Crippen LogP contribution in [0.5, 0.6) is 0 Å². The van der Waals surface area contributed by atoms with Gasteiger partial charge in [-0.25, -0.2) is 0 Å². The first kappa shape index (κ1) is 21.0. The molecule has 29 heavy (non-hydrogen) atoms. The Morgan fingerprint density at radius 1 is 1.28 bits per heavy atom. The molecule has 0 spiro atoms. The van der Waals surface area contributed by atoms with Gasteiger partial charge in [-0.2, -0.15) is 0 Å². The van der Waals surface area contributed by atoms with Crippen LogP contribution in [0.4, 0.5) is 0 Å². The van der Waals surface area contributed by atoms with Crippen LogP contribution in [-0.4, -0.2) is 39.6 Å². The summed E-state index contributed by atoms with van der Waals surface area (Å²) in [5.41, 5.74) is 2.13. The summed E-state index contributed by atoms with van der Waals surface area (Å²) in [4.78, 5) is 28.4. The van der Waals surface area contributed by atoms with Gasteiger partial charge in [0.25, 0.3) is 5.91 Å². The molecule has 0 radical (unpaired) electrons. The first-order chi connectivity index (χ1) is 13.8. The van der Waals surface area contributed by atoms with Crippen LogP contribution in [0.25, 0.3) is 11.3 Å². The molecule has 1 unspecified atom stereocenters. The fourth-order valence-corrected chi connectivity index (χ4v) is 3.18. The number of aliphatic hydroxyl groups excluding tert-OH is 1. The second-order valence-electron chi connectivity index (χ2n) is 7.11. The molecule has 1 atom stereocenters. The first-order valence-electron chi connectivity index (χ1n) is 9.18. The van der Waals surface area contributed by atoms with Gasteiger partial charge in [0.15, 0.2) is 5.78 Å². The van der Waals surface area contributed by atoms with E-state index in [0.29, 0.717) is 22.6 Å². The number of amides is 1. The molecule has 2 aromatic heterocycles. The van der Waals surface area contributed by atoms with E-state index in [1.807, 2.05) is 38.1 Å². The van der Waals surface area contributed by atoms with Gasteiger partial charge < -0.3 is 19.9 Å². The number of aliphatic hydroxyl groups is 1. The third-order valence-electron chi connectivity index (χ3n) is 4.72. The minimum atomic E-state index is -0.382. The molecule has 2 heterocycles. The number of halogens is 1. The SMILES string of the molecule is Cc1onc(-c2ccc(Br)cc2)c1C(=O)c1c[nH]c(C(=O)NC(CO)C(C)C)c1. The fraction of sp³-hybridized carbons (Fsp3) is 0.286. The number of hydrogen-bond donors (Lipinski definition) is 3. The van der Waals surface area contributed by atoms with Crippen LogP contribution in [0.2, 0.25) is 0 Å². The van der Waals surface area contributed by atoms with Crippen LogP contribution in [-0.2, 0) is 0 Å². The van der Waals surface area contributed by atoms with Crippen LogP contribution in [0, 0.1) is 12.8 Å². The first-order valence-corrected chi connectivity index (χ1v) is 9.98. The number of hydrogen-bond acceptors (Lipinski definition) is 5. The number of nitrogens with one attached hydrogen (secondary N) is 2. The number of carbonyl (C=O) groups excluding carboxylic acids is 2. The summed E-state index contributed by atoms with van der Waals surface area (Å²) in [6.45, 7) is 5.33. The number of rotatable bonds is 7. The van der Waals surface area contributed by atoms with Crippen molar-refractivity contribution in [1.82, 2.24) is 15.5 Å². The number of nitrogens with zero attached hydrogens (tertiary/aromatic N) is 1. The van der Waals surface area contributed by atoms with E-state index in [-0.39, 0.29) is 36.0 Å². The minimum absolute atomic E-state index is 0.0770. The highest BCUT2D eigenvalue weighted by Gasteiger charge is 2.25. The average Bonchev–Trinajstić information content (AvgIpc) is 3.33. The van der Waals surface area contributed by atoms with Crippen LogP contribution in [0.15, 0.2) is 45.5 Å². The van der Waals surface area contributed by atoms with Gasteiger partial charge >= 0.3 is 0 Å². The zero-order valence-corrected chi connectivity index (χ0v) is 17.9. The lowest BCUT2D eigenvalue weighted by Crippen LogP contribution is -2.41. The Morgan fingerprint density at radius 2 is 1.97 bits per heavy atom. The molecule has 152 valence electrons. The third-order valence-corrected chi connectivity index (χ3v) is 5.24. The smallest absolute Gasteiger partial charge is 0.268 e. The molecular weight excluding hydrogens is 438 g/mol. The lowest BCUT2D eigenvalue weighted by molar-refractivity contribution is 0.0892. The Hall–Kier alpha value is -2.71. The molecule has 0 aliphatic heterocycles. The number of carbonyl (C=O) groups is 2. The van der Waals surface area contributed by atoms with Gasteiger partial charge in [-0.3, -0.25) is 9.59 Å². The summed E-state index contributed by atoms with van der Waals surface area (Å²) in [7, 11) is 0. The number of aromatic nitrogens is 2. The lowest BCUT2D eigenvalue weighted by atomic mass is 9.99. The van der Waals surface area contributed by atoms with E-state index in [1.54, 1.807) is 6.92 Å². The average molecular weight is 460 g/mol. The Labute approximate surface area is 176 Å². The largest absolute Gasteiger partial charge is 0.394 e. The minimum Gasteiger partial charge on any atom is -0.394 e. The Bertz CT molecular complexity index is 1020. The Kier molecular flexibility index (Phi) is 6.34. The predicted molar refractivity (Wildman–Crippen MR) is 112 cm³/mol. The number of ketones is 1. The van der Waals surface area contributed by atoms with Gasteiger partial charge in [-0.05, 0) is 31.0 Å². The standard InChI is InChI=1S/C21H22BrN3O4/c1-11(2)17(10-26)24-21(28)16-8-14(9-23-16)20(27)18-12(3)29-25-19(18)13-4-6-15(22)7-5-13/h4-9,11,17,23,26H,10H2,1-3H3,(H,24,28). The van der Waals surface area contributed by atoms with Crippen molar-refractivity contribution >= 4 is 27.6 Å². The van der Waals surface area contributed by atoms with Gasteiger partial charge in [-0.15, -0.1) is 0 Å². The monoisotopic (exact) mass is 459 g/mol. The zero-order chi connectivity index (χ0) is 21.1. The molecule has 1 aromatic carbocycles. The lowest BCUT2D eigenvalue weighted by Gasteiger charge is -2.19. The van der Waals surface area contributed by atoms with Crippen LogP contribution in [0.1, 0.15) is 46.0 Å². The van der Waals surface area contributed by atoms with Gasteiger partial charge in [-0.1, -0.05) is 47.1 Å². The van der Waals surface area contributed by atoms with Gasteiger partial charge in [0.2, 0.25) is 0 Å². The molecule has 0 saturated carbocycles. The van der Waals surface area contributed by atoms with Crippen LogP contribution >= 0.6 is 15.9 Å². The summed E-state index contributed by atoms with van der Waals surface area (Å²) in [6, 6.07) is 8.53. The second kappa shape index (κ2) is 8.75. The number of aryl methyl sites for hydroxylation is 1. The van der Waals surface area contributed by atoms with Crippen molar-refractivity contribution in [3.63, 3.8) is 0 Å². The van der Waals surface area contributed by atoms with E-state index in [9.17, 15) is 14.7 Å². The van der Waals surface area contributed by atoms with Crippen molar-refractivity contribution in [1.29, 1.82) is 0 Å². The summed E-state index contributed by atoms with van der Waals surface area (Å²) < 4.78 is 6.19. The molecule has 3 N–H and O–H groups in total. The molecule has 0 saturated heterocycles.